The molecule has 2 rings (SSSR count). The lowest BCUT2D eigenvalue weighted by Gasteiger charge is -2.22. The van der Waals surface area contributed by atoms with E-state index < -0.39 is 0 Å². The minimum absolute atomic E-state index is 0. The summed E-state index contributed by atoms with van der Waals surface area (Å²) in [5.74, 6) is 1.38. The lowest BCUT2D eigenvalue weighted by atomic mass is 10.0. The first-order chi connectivity index (χ1) is 10.4. The zero-order chi connectivity index (χ0) is 16.3. The predicted molar refractivity (Wildman–Crippen MR) is 104 cm³/mol. The highest BCUT2D eigenvalue weighted by molar-refractivity contribution is 5.85. The molecular formula is C17H28Cl2N4O. The Balaban J connectivity index is 0.00000264. The molecule has 0 bridgehead atoms. The lowest BCUT2D eigenvalue weighted by molar-refractivity contribution is -0.130. The molecule has 1 atom stereocenters. The van der Waals surface area contributed by atoms with Crippen molar-refractivity contribution in [1.82, 2.24) is 14.5 Å². The van der Waals surface area contributed by atoms with Gasteiger partial charge in [0.15, 0.2) is 0 Å². The van der Waals surface area contributed by atoms with Crippen LogP contribution in [-0.2, 0) is 11.3 Å². The largest absolute Gasteiger partial charge is 0.344 e. The van der Waals surface area contributed by atoms with Crippen LogP contribution >= 0.6 is 24.8 Å². The van der Waals surface area contributed by atoms with Gasteiger partial charge in [-0.1, -0.05) is 26.0 Å². The first-order valence-electron chi connectivity index (χ1n) is 7.81. The maximum absolute atomic E-state index is 12.4. The first kappa shape index (κ1) is 22.7. The molecule has 1 unspecified atom stereocenters. The molecule has 0 aliphatic rings. The van der Waals surface area contributed by atoms with E-state index in [1.54, 1.807) is 4.90 Å². The summed E-state index contributed by atoms with van der Waals surface area (Å²) < 4.78 is 1.97. The van der Waals surface area contributed by atoms with Crippen LogP contribution in [0, 0.1) is 12.8 Å². The number of carbonyl (C=O) groups excluding carboxylic acids is 1. The number of fused-ring (bicyclic) bond motifs is 1. The molecule has 2 N–H and O–H groups in total. The van der Waals surface area contributed by atoms with E-state index in [2.05, 4.69) is 18.8 Å². The fourth-order valence-corrected chi connectivity index (χ4v) is 2.45. The van der Waals surface area contributed by atoms with E-state index in [1.807, 2.05) is 42.8 Å². The maximum atomic E-state index is 12.4. The number of amides is 1. The Labute approximate surface area is 156 Å². The third-order valence-corrected chi connectivity index (χ3v) is 4.22. The van der Waals surface area contributed by atoms with Crippen molar-refractivity contribution in [1.29, 1.82) is 0 Å². The molecule has 7 heteroatoms. The van der Waals surface area contributed by atoms with E-state index in [1.165, 1.54) is 0 Å². The van der Waals surface area contributed by atoms with Gasteiger partial charge in [-0.25, -0.2) is 4.98 Å². The number of rotatable bonds is 6. The highest BCUT2D eigenvalue weighted by Gasteiger charge is 2.15. The van der Waals surface area contributed by atoms with Gasteiger partial charge in [0.25, 0.3) is 0 Å². The molecule has 24 heavy (non-hydrogen) atoms. The van der Waals surface area contributed by atoms with Gasteiger partial charge in [0.1, 0.15) is 12.4 Å². The molecule has 0 saturated heterocycles. The Kier molecular flexibility index (Phi) is 9.33. The van der Waals surface area contributed by atoms with Crippen molar-refractivity contribution < 1.29 is 4.79 Å². The Morgan fingerprint density at radius 2 is 1.92 bits per heavy atom. The summed E-state index contributed by atoms with van der Waals surface area (Å²) in [6.45, 7) is 7.15. The quantitative estimate of drug-likeness (QED) is 0.844. The average molecular weight is 375 g/mol. The number of hydrogen-bond donors (Lipinski definition) is 1. The average Bonchev–Trinajstić information content (AvgIpc) is 2.80. The van der Waals surface area contributed by atoms with E-state index in [-0.39, 0.29) is 36.8 Å². The molecule has 2 aromatic rings. The number of aromatic nitrogens is 2. The van der Waals surface area contributed by atoms with Crippen LogP contribution in [0.2, 0.25) is 0 Å². The van der Waals surface area contributed by atoms with Crippen LogP contribution in [-0.4, -0.2) is 40.0 Å². The number of para-hydroxylation sites is 2. The summed E-state index contributed by atoms with van der Waals surface area (Å²) in [4.78, 5) is 18.7. The van der Waals surface area contributed by atoms with E-state index in [0.717, 1.165) is 23.3 Å². The van der Waals surface area contributed by atoms with Crippen molar-refractivity contribution in [3.63, 3.8) is 0 Å². The number of hydrogen-bond acceptors (Lipinski definition) is 3. The summed E-state index contributed by atoms with van der Waals surface area (Å²) in [6, 6.07) is 8.02. The molecule has 136 valence electrons. The Morgan fingerprint density at radius 1 is 1.29 bits per heavy atom. The Hall–Kier alpha value is -1.30. The summed E-state index contributed by atoms with van der Waals surface area (Å²) in [7, 11) is 1.84. The second-order valence-electron chi connectivity index (χ2n) is 6.25. The van der Waals surface area contributed by atoms with Gasteiger partial charge in [0.2, 0.25) is 5.91 Å². The monoisotopic (exact) mass is 374 g/mol. The molecule has 1 aromatic heterocycles. The SMILES string of the molecule is Cc1nc2ccccc2n1CC(=O)N(C)CCC(N)C(C)C.Cl.Cl. The number of nitrogens with two attached hydrogens (primary N) is 1. The van der Waals surface area contributed by atoms with Crippen LogP contribution in [0.1, 0.15) is 26.1 Å². The standard InChI is InChI=1S/C17H26N4O.2ClH/c1-12(2)14(18)9-10-20(4)17(22)11-21-13(3)19-15-7-5-6-8-16(15)21;;/h5-8,12,14H,9-11,18H2,1-4H3;2*1H. The maximum Gasteiger partial charge on any atom is 0.242 e. The van der Waals surface area contributed by atoms with Crippen LogP contribution in [0.25, 0.3) is 11.0 Å². The number of imidazole rings is 1. The molecule has 0 aliphatic carbocycles. The fraction of sp³-hybridized carbons (Fsp3) is 0.529. The van der Waals surface area contributed by atoms with Crippen molar-refractivity contribution in [2.45, 2.75) is 39.8 Å². The fourth-order valence-electron chi connectivity index (χ4n) is 2.45. The molecule has 0 aliphatic heterocycles. The van der Waals surface area contributed by atoms with Gasteiger partial charge >= 0.3 is 0 Å². The molecule has 1 aromatic carbocycles. The van der Waals surface area contributed by atoms with Gasteiger partial charge < -0.3 is 15.2 Å². The van der Waals surface area contributed by atoms with E-state index in [9.17, 15) is 4.79 Å². The van der Waals surface area contributed by atoms with E-state index in [0.29, 0.717) is 19.0 Å². The van der Waals surface area contributed by atoms with Gasteiger partial charge in [-0.2, -0.15) is 0 Å². The van der Waals surface area contributed by atoms with Crippen molar-refractivity contribution in [3.8, 4) is 0 Å². The van der Waals surface area contributed by atoms with Gasteiger partial charge in [-0.05, 0) is 31.4 Å². The predicted octanol–water partition coefficient (Wildman–Crippen LogP) is 3.02. The molecule has 1 heterocycles. The molecule has 1 amide bonds. The minimum Gasteiger partial charge on any atom is -0.344 e. The molecule has 0 saturated carbocycles. The number of halogens is 2. The summed E-state index contributed by atoms with van der Waals surface area (Å²) in [6.07, 6.45) is 0.823. The number of likely N-dealkylation sites (N-methyl/N-ethyl adjacent to an activating group) is 1. The number of carbonyl (C=O) groups is 1. The molecule has 0 radical (unpaired) electrons. The summed E-state index contributed by atoms with van der Waals surface area (Å²) >= 11 is 0. The number of benzene rings is 1. The molecule has 5 nitrogen and oxygen atoms in total. The smallest absolute Gasteiger partial charge is 0.242 e. The van der Waals surface area contributed by atoms with Crippen LogP contribution in [0.4, 0.5) is 0 Å². The van der Waals surface area contributed by atoms with Crippen molar-refractivity contribution in [3.05, 3.63) is 30.1 Å². The van der Waals surface area contributed by atoms with Crippen molar-refractivity contribution in [2.75, 3.05) is 13.6 Å². The van der Waals surface area contributed by atoms with Gasteiger partial charge in [0.05, 0.1) is 11.0 Å². The zero-order valence-corrected chi connectivity index (χ0v) is 16.4. The second-order valence-corrected chi connectivity index (χ2v) is 6.25. The second kappa shape index (κ2) is 9.87. The van der Waals surface area contributed by atoms with Crippen LogP contribution in [0.15, 0.2) is 24.3 Å². The Morgan fingerprint density at radius 3 is 2.54 bits per heavy atom. The van der Waals surface area contributed by atoms with Gasteiger partial charge in [0, 0.05) is 19.6 Å². The normalized spacial score (nSPS) is 11.8. The van der Waals surface area contributed by atoms with Crippen LogP contribution in [0.3, 0.4) is 0 Å². The van der Waals surface area contributed by atoms with E-state index >= 15 is 0 Å². The summed E-state index contributed by atoms with van der Waals surface area (Å²) in [5, 5.41) is 0. The topological polar surface area (TPSA) is 64.2 Å². The lowest BCUT2D eigenvalue weighted by Crippen LogP contribution is -2.36. The van der Waals surface area contributed by atoms with Crippen molar-refractivity contribution >= 4 is 41.8 Å². The first-order valence-corrected chi connectivity index (χ1v) is 7.81. The molecule has 0 fully saturated rings. The van der Waals surface area contributed by atoms with Crippen LogP contribution in [0.5, 0.6) is 0 Å². The zero-order valence-electron chi connectivity index (χ0n) is 14.7. The van der Waals surface area contributed by atoms with Gasteiger partial charge in [-0.3, -0.25) is 4.79 Å². The van der Waals surface area contributed by atoms with E-state index in [4.69, 9.17) is 5.73 Å². The summed E-state index contributed by atoms with van der Waals surface area (Å²) in [5.41, 5.74) is 7.97. The Bertz CT molecular complexity index is 657. The van der Waals surface area contributed by atoms with Crippen LogP contribution < -0.4 is 5.73 Å². The van der Waals surface area contributed by atoms with Crippen molar-refractivity contribution in [2.24, 2.45) is 11.7 Å². The highest BCUT2D eigenvalue weighted by Crippen LogP contribution is 2.15. The van der Waals surface area contributed by atoms with Gasteiger partial charge in [-0.15, -0.1) is 24.8 Å². The molecule has 0 spiro atoms. The minimum atomic E-state index is 0. The third-order valence-electron chi connectivity index (χ3n) is 4.22. The number of nitrogens with zero attached hydrogens (tertiary/aromatic N) is 3. The molecular weight excluding hydrogens is 347 g/mol. The highest BCUT2D eigenvalue weighted by atomic mass is 35.5. The third kappa shape index (κ3) is 5.36. The number of aryl methyl sites for hydroxylation is 1.